The van der Waals surface area contributed by atoms with Crippen LogP contribution in [0.1, 0.15) is 27.6 Å². The van der Waals surface area contributed by atoms with E-state index in [9.17, 15) is 35.4 Å². The number of benzene rings is 3. The van der Waals surface area contributed by atoms with Gasteiger partial charge in [0.1, 0.15) is 23.0 Å². The van der Waals surface area contributed by atoms with Crippen LogP contribution < -0.4 is 4.74 Å². The molecule has 4 rings (SSSR count). The predicted molar refractivity (Wildman–Crippen MR) is 104 cm³/mol. The van der Waals surface area contributed by atoms with E-state index in [0.717, 1.165) is 12.1 Å². The number of hydrogen-bond acceptors (Lipinski definition) is 8. The molecular weight excluding hydrogens is 392 g/mol. The van der Waals surface area contributed by atoms with E-state index in [-0.39, 0.29) is 46.1 Å². The van der Waals surface area contributed by atoms with Gasteiger partial charge in [-0.3, -0.25) is 4.79 Å². The molecule has 1 heterocycles. The molecule has 6 N–H and O–H groups in total. The SMILES string of the molecule is O=C(c1ccc(O)cc1)[C@@]1(O)Cc2c(O)cc(O)cc2OC1c1ccc(O)c(O)c1. The molecule has 0 fully saturated rings. The number of phenols is 5. The smallest absolute Gasteiger partial charge is 0.198 e. The first-order valence-electron chi connectivity index (χ1n) is 8.98. The van der Waals surface area contributed by atoms with Crippen molar-refractivity contribution in [2.75, 3.05) is 0 Å². The Morgan fingerprint density at radius 1 is 0.833 bits per heavy atom. The standard InChI is InChI=1S/C22H18O8/c23-13-4-1-11(2-5-13)20(28)22(29)10-15-17(26)8-14(24)9-19(15)30-21(22)12-3-6-16(25)18(27)7-12/h1-9,21,23-27,29H,10H2/t21?,22-/m0/s1. The third-order valence-electron chi connectivity index (χ3n) is 5.12. The zero-order valence-electron chi connectivity index (χ0n) is 15.5. The van der Waals surface area contributed by atoms with Crippen LogP contribution in [0.2, 0.25) is 0 Å². The van der Waals surface area contributed by atoms with Crippen LogP contribution in [0.25, 0.3) is 0 Å². The van der Waals surface area contributed by atoms with E-state index in [0.29, 0.717) is 0 Å². The van der Waals surface area contributed by atoms with Gasteiger partial charge in [0.15, 0.2) is 29.0 Å². The van der Waals surface area contributed by atoms with Gasteiger partial charge >= 0.3 is 0 Å². The van der Waals surface area contributed by atoms with Crippen LogP contribution in [0.4, 0.5) is 0 Å². The molecule has 0 aliphatic carbocycles. The maximum atomic E-state index is 13.3. The highest BCUT2D eigenvalue weighted by molar-refractivity contribution is 6.03. The summed E-state index contributed by atoms with van der Waals surface area (Å²) in [7, 11) is 0. The van der Waals surface area contributed by atoms with Crippen molar-refractivity contribution in [3.8, 4) is 34.5 Å². The van der Waals surface area contributed by atoms with E-state index in [1.807, 2.05) is 0 Å². The number of fused-ring (bicyclic) bond motifs is 1. The van der Waals surface area contributed by atoms with E-state index in [1.165, 1.54) is 42.5 Å². The summed E-state index contributed by atoms with van der Waals surface area (Å²) in [4.78, 5) is 13.3. The molecule has 8 nitrogen and oxygen atoms in total. The Balaban J connectivity index is 1.87. The van der Waals surface area contributed by atoms with Gasteiger partial charge in [0.05, 0.1) is 0 Å². The topological polar surface area (TPSA) is 148 Å². The first-order chi connectivity index (χ1) is 14.2. The van der Waals surface area contributed by atoms with E-state index in [2.05, 4.69) is 0 Å². The molecular formula is C22H18O8. The molecule has 30 heavy (non-hydrogen) atoms. The lowest BCUT2D eigenvalue weighted by Crippen LogP contribution is -2.51. The van der Waals surface area contributed by atoms with Crippen LogP contribution >= 0.6 is 0 Å². The number of aliphatic hydroxyl groups is 1. The Labute approximate surface area is 170 Å². The maximum absolute atomic E-state index is 13.3. The Hall–Kier alpha value is -3.91. The van der Waals surface area contributed by atoms with Gasteiger partial charge in [0, 0.05) is 29.7 Å². The van der Waals surface area contributed by atoms with Crippen molar-refractivity contribution < 1.29 is 40.2 Å². The number of aromatic hydroxyl groups is 5. The third kappa shape index (κ3) is 3.13. The highest BCUT2D eigenvalue weighted by Crippen LogP contribution is 2.48. The molecule has 0 amide bonds. The third-order valence-corrected chi connectivity index (χ3v) is 5.12. The van der Waals surface area contributed by atoms with E-state index in [4.69, 9.17) is 4.74 Å². The fourth-order valence-electron chi connectivity index (χ4n) is 3.60. The molecule has 1 unspecified atom stereocenters. The van der Waals surface area contributed by atoms with Crippen molar-refractivity contribution in [3.05, 3.63) is 71.3 Å². The van der Waals surface area contributed by atoms with Crippen molar-refractivity contribution in [3.63, 3.8) is 0 Å². The minimum absolute atomic E-state index is 0.0584. The number of carbonyl (C=O) groups is 1. The number of rotatable bonds is 3. The van der Waals surface area contributed by atoms with Gasteiger partial charge in [-0.2, -0.15) is 0 Å². The van der Waals surface area contributed by atoms with Crippen LogP contribution in [0.3, 0.4) is 0 Å². The first-order valence-corrected chi connectivity index (χ1v) is 8.98. The molecule has 2 atom stereocenters. The molecule has 3 aromatic carbocycles. The number of hydrogen-bond donors (Lipinski definition) is 6. The average Bonchev–Trinajstić information content (AvgIpc) is 2.70. The van der Waals surface area contributed by atoms with Gasteiger partial charge in [-0.15, -0.1) is 0 Å². The second kappa shape index (κ2) is 6.85. The summed E-state index contributed by atoms with van der Waals surface area (Å²) in [5.74, 6) is -2.22. The normalized spacial score (nSPS) is 20.2. The summed E-state index contributed by atoms with van der Waals surface area (Å²) in [6.07, 6.45) is -1.68. The lowest BCUT2D eigenvalue weighted by molar-refractivity contribution is -0.0521. The molecule has 0 radical (unpaired) electrons. The summed E-state index contributed by atoms with van der Waals surface area (Å²) >= 11 is 0. The molecule has 0 spiro atoms. The zero-order valence-corrected chi connectivity index (χ0v) is 15.5. The number of Topliss-reactive ketones (excluding diaryl/α,β-unsaturated/α-hetero) is 1. The molecule has 154 valence electrons. The van der Waals surface area contributed by atoms with Gasteiger partial charge in [0.25, 0.3) is 0 Å². The highest BCUT2D eigenvalue weighted by atomic mass is 16.5. The van der Waals surface area contributed by atoms with Crippen LogP contribution in [-0.2, 0) is 6.42 Å². The molecule has 0 saturated carbocycles. The lowest BCUT2D eigenvalue weighted by Gasteiger charge is -2.40. The van der Waals surface area contributed by atoms with E-state index in [1.54, 1.807) is 0 Å². The van der Waals surface area contributed by atoms with Crippen LogP contribution in [0.15, 0.2) is 54.6 Å². The molecule has 1 aliphatic rings. The van der Waals surface area contributed by atoms with Crippen molar-refractivity contribution in [1.29, 1.82) is 0 Å². The fourth-order valence-corrected chi connectivity index (χ4v) is 3.60. The summed E-state index contributed by atoms with van der Waals surface area (Å²) in [5.41, 5.74) is -1.80. The van der Waals surface area contributed by atoms with Crippen molar-refractivity contribution >= 4 is 5.78 Å². The second-order valence-electron chi connectivity index (χ2n) is 7.16. The van der Waals surface area contributed by atoms with Crippen LogP contribution in [-0.4, -0.2) is 42.0 Å². The Morgan fingerprint density at radius 2 is 1.53 bits per heavy atom. The Kier molecular flexibility index (Phi) is 4.43. The van der Waals surface area contributed by atoms with Crippen LogP contribution in [0.5, 0.6) is 34.5 Å². The molecule has 0 aromatic heterocycles. The molecule has 1 aliphatic heterocycles. The Morgan fingerprint density at radius 3 is 2.20 bits per heavy atom. The lowest BCUT2D eigenvalue weighted by atomic mass is 9.77. The summed E-state index contributed by atoms with van der Waals surface area (Å²) in [6.45, 7) is 0. The van der Waals surface area contributed by atoms with Crippen molar-refractivity contribution in [2.24, 2.45) is 0 Å². The van der Waals surface area contributed by atoms with Gasteiger partial charge in [-0.25, -0.2) is 0 Å². The molecule has 8 heteroatoms. The van der Waals surface area contributed by atoms with Gasteiger partial charge in [0.2, 0.25) is 0 Å². The van der Waals surface area contributed by atoms with E-state index < -0.39 is 29.0 Å². The Bertz CT molecular complexity index is 1140. The average molecular weight is 410 g/mol. The van der Waals surface area contributed by atoms with Crippen molar-refractivity contribution in [2.45, 2.75) is 18.1 Å². The van der Waals surface area contributed by atoms with Crippen molar-refractivity contribution in [1.82, 2.24) is 0 Å². The largest absolute Gasteiger partial charge is 0.508 e. The van der Waals surface area contributed by atoms with Gasteiger partial charge in [-0.1, -0.05) is 6.07 Å². The fraction of sp³-hybridized carbons (Fsp3) is 0.136. The monoisotopic (exact) mass is 410 g/mol. The first kappa shape index (κ1) is 19.4. The molecule has 3 aromatic rings. The summed E-state index contributed by atoms with van der Waals surface area (Å²) in [5, 5.41) is 60.5. The minimum atomic E-state index is -2.21. The molecule has 0 bridgehead atoms. The zero-order chi connectivity index (χ0) is 21.6. The quantitative estimate of drug-likeness (QED) is 0.285. The predicted octanol–water partition coefficient (Wildman–Crippen LogP) is 2.50. The number of carbonyl (C=O) groups excluding carboxylic acids is 1. The molecule has 0 saturated heterocycles. The van der Waals surface area contributed by atoms with Gasteiger partial charge in [-0.05, 0) is 42.0 Å². The number of ketones is 1. The summed E-state index contributed by atoms with van der Waals surface area (Å²) in [6, 6.07) is 11.3. The highest BCUT2D eigenvalue weighted by Gasteiger charge is 2.51. The summed E-state index contributed by atoms with van der Waals surface area (Å²) < 4.78 is 5.82. The minimum Gasteiger partial charge on any atom is -0.508 e. The number of ether oxygens (including phenoxy) is 1. The second-order valence-corrected chi connectivity index (χ2v) is 7.16. The van der Waals surface area contributed by atoms with E-state index >= 15 is 0 Å². The van der Waals surface area contributed by atoms with Crippen LogP contribution in [0, 0.1) is 0 Å². The van der Waals surface area contributed by atoms with Gasteiger partial charge < -0.3 is 35.4 Å². The number of phenolic OH excluding ortho intramolecular Hbond substituents is 5. The maximum Gasteiger partial charge on any atom is 0.198 e.